The van der Waals surface area contributed by atoms with Crippen molar-refractivity contribution >= 4 is 32.8 Å². The normalized spacial score (nSPS) is 26.7. The molecule has 0 aromatic heterocycles. The minimum Gasteiger partial charge on any atom is -0.284 e. The summed E-state index contributed by atoms with van der Waals surface area (Å²) in [5.41, 5.74) is 6.59. The summed E-state index contributed by atoms with van der Waals surface area (Å²) in [5, 5.41) is 17.3. The zero-order chi connectivity index (χ0) is 21.6. The molecule has 2 atom stereocenters. The SMILES string of the molecule is C=CC1=CC(=N)N(C)S(=O)(=O)CC1(C)[N+]1=C(N)SC(c2cc(F)cc(C#N)c2)C1. The van der Waals surface area contributed by atoms with Crippen LogP contribution in [-0.2, 0) is 10.0 Å². The Morgan fingerprint density at radius 1 is 1.52 bits per heavy atom. The first-order valence-electron chi connectivity index (χ1n) is 8.69. The van der Waals surface area contributed by atoms with E-state index in [9.17, 15) is 12.8 Å². The molecule has 29 heavy (non-hydrogen) atoms. The third-order valence-electron chi connectivity index (χ3n) is 5.25. The smallest absolute Gasteiger partial charge is 0.284 e. The highest BCUT2D eigenvalue weighted by Crippen LogP contribution is 2.40. The molecule has 0 radical (unpaired) electrons. The maximum Gasteiger partial charge on any atom is 0.305 e. The van der Waals surface area contributed by atoms with Gasteiger partial charge in [0.25, 0.3) is 0 Å². The molecule has 0 amide bonds. The lowest BCUT2D eigenvalue weighted by Crippen LogP contribution is -2.50. The molecular formula is C19H21FN5O2S2+. The van der Waals surface area contributed by atoms with Gasteiger partial charge in [0.2, 0.25) is 10.0 Å². The van der Waals surface area contributed by atoms with Crippen molar-refractivity contribution in [1.82, 2.24) is 4.31 Å². The van der Waals surface area contributed by atoms with Crippen molar-refractivity contribution in [3.8, 4) is 6.07 Å². The zero-order valence-electron chi connectivity index (χ0n) is 16.0. The Kier molecular flexibility index (Phi) is 5.32. The average Bonchev–Trinajstić information content (AvgIpc) is 3.03. The molecule has 2 heterocycles. The van der Waals surface area contributed by atoms with Gasteiger partial charge in [0.15, 0.2) is 0 Å². The monoisotopic (exact) mass is 434 g/mol. The third kappa shape index (κ3) is 3.68. The van der Waals surface area contributed by atoms with Crippen LogP contribution in [0.3, 0.4) is 0 Å². The van der Waals surface area contributed by atoms with E-state index in [4.69, 9.17) is 16.4 Å². The maximum absolute atomic E-state index is 13.9. The van der Waals surface area contributed by atoms with Crippen molar-refractivity contribution < 1.29 is 17.4 Å². The number of nitrogens with two attached hydrogens (primary N) is 1. The van der Waals surface area contributed by atoms with Crippen LogP contribution in [-0.4, -0.2) is 53.2 Å². The van der Waals surface area contributed by atoms with Crippen molar-refractivity contribution in [1.29, 1.82) is 10.7 Å². The van der Waals surface area contributed by atoms with Gasteiger partial charge in [0.05, 0.1) is 16.9 Å². The molecule has 0 aliphatic carbocycles. The second-order valence-electron chi connectivity index (χ2n) is 7.13. The van der Waals surface area contributed by atoms with E-state index in [-0.39, 0.29) is 22.4 Å². The Morgan fingerprint density at radius 3 is 2.83 bits per heavy atom. The van der Waals surface area contributed by atoms with Gasteiger partial charge in [-0.25, -0.2) is 17.4 Å². The first kappa shape index (κ1) is 21.1. The van der Waals surface area contributed by atoms with Crippen LogP contribution >= 0.6 is 11.8 Å². The molecule has 2 aliphatic heterocycles. The van der Waals surface area contributed by atoms with Gasteiger partial charge in [0.1, 0.15) is 29.5 Å². The lowest BCUT2D eigenvalue weighted by Gasteiger charge is -2.30. The average molecular weight is 435 g/mol. The number of halogens is 1. The minimum absolute atomic E-state index is 0.158. The van der Waals surface area contributed by atoms with Crippen molar-refractivity contribution in [3.63, 3.8) is 0 Å². The van der Waals surface area contributed by atoms with Gasteiger partial charge in [-0.15, -0.1) is 0 Å². The van der Waals surface area contributed by atoms with E-state index >= 15 is 0 Å². The lowest BCUT2D eigenvalue weighted by atomic mass is 9.91. The van der Waals surface area contributed by atoms with E-state index < -0.39 is 21.4 Å². The molecule has 1 aromatic carbocycles. The zero-order valence-corrected chi connectivity index (χ0v) is 17.6. The molecule has 10 heteroatoms. The first-order chi connectivity index (χ1) is 13.5. The largest absolute Gasteiger partial charge is 0.305 e. The molecule has 7 nitrogen and oxygen atoms in total. The molecule has 1 aromatic rings. The number of likely N-dealkylation sites (N-methyl/N-ethyl adjacent to an activating group) is 1. The van der Waals surface area contributed by atoms with E-state index in [1.165, 1.54) is 37.0 Å². The number of thioether (sulfide) groups is 1. The quantitative estimate of drug-likeness (QED) is 0.706. The molecule has 3 rings (SSSR count). The summed E-state index contributed by atoms with van der Waals surface area (Å²) >= 11 is 1.29. The van der Waals surface area contributed by atoms with Crippen molar-refractivity contribution in [2.45, 2.75) is 17.7 Å². The topological polar surface area (TPSA) is 114 Å². The molecule has 0 fully saturated rings. The fourth-order valence-corrected chi connectivity index (χ4v) is 6.34. The Labute approximate surface area is 173 Å². The summed E-state index contributed by atoms with van der Waals surface area (Å²) in [6.45, 7) is 5.85. The van der Waals surface area contributed by atoms with Crippen LogP contribution in [0.1, 0.15) is 23.3 Å². The summed E-state index contributed by atoms with van der Waals surface area (Å²) in [6.07, 6.45) is 3.00. The molecule has 0 bridgehead atoms. The van der Waals surface area contributed by atoms with E-state index in [0.717, 1.165) is 10.4 Å². The van der Waals surface area contributed by atoms with Crippen LogP contribution in [0, 0.1) is 22.6 Å². The van der Waals surface area contributed by atoms with Gasteiger partial charge in [0, 0.05) is 12.6 Å². The molecule has 3 N–H and O–H groups in total. The number of nitrogens with one attached hydrogen (secondary N) is 1. The summed E-state index contributed by atoms with van der Waals surface area (Å²) in [5.74, 6) is -0.965. The van der Waals surface area contributed by atoms with Crippen LogP contribution in [0.4, 0.5) is 4.39 Å². The number of hydrogen-bond acceptors (Lipinski definition) is 6. The van der Waals surface area contributed by atoms with Crippen LogP contribution in [0.15, 0.2) is 42.5 Å². The van der Waals surface area contributed by atoms with Crippen molar-refractivity contribution in [2.24, 2.45) is 5.73 Å². The second-order valence-corrected chi connectivity index (χ2v) is 10.4. The summed E-state index contributed by atoms with van der Waals surface area (Å²) in [4.78, 5) is 0. The summed E-state index contributed by atoms with van der Waals surface area (Å²) in [7, 11) is -2.43. The number of nitriles is 1. The molecule has 2 unspecified atom stereocenters. The fourth-order valence-electron chi connectivity index (χ4n) is 3.57. The van der Waals surface area contributed by atoms with Gasteiger partial charge in [-0.2, -0.15) is 5.26 Å². The van der Waals surface area contributed by atoms with Gasteiger partial charge < -0.3 is 0 Å². The molecular weight excluding hydrogens is 413 g/mol. The molecule has 2 aliphatic rings. The lowest BCUT2D eigenvalue weighted by molar-refractivity contribution is -0.583. The number of amidine groups is 2. The third-order valence-corrected chi connectivity index (χ3v) is 8.37. The standard InChI is InChI=1S/C19H20FN5O2S2/c1-4-14-8-17(22)24(3)29(26,27)11-19(14,2)25-10-16(28-18(25)23)13-5-12(9-21)6-15(20)7-13/h4-8,16,22-23H,1,10-11H2,2-3H3/p+1. The Balaban J connectivity index is 2.05. The van der Waals surface area contributed by atoms with E-state index in [1.54, 1.807) is 17.6 Å². The Morgan fingerprint density at radius 2 is 2.21 bits per heavy atom. The number of nitrogens with zero attached hydrogens (tertiary/aromatic N) is 3. The maximum atomic E-state index is 13.9. The molecule has 0 saturated heterocycles. The Hall–Kier alpha value is -2.64. The molecule has 0 spiro atoms. The Bertz CT molecular complexity index is 1120. The predicted octanol–water partition coefficient (Wildman–Crippen LogP) is 1.94. The highest BCUT2D eigenvalue weighted by atomic mass is 32.2. The van der Waals surface area contributed by atoms with Crippen molar-refractivity contribution in [2.75, 3.05) is 19.3 Å². The van der Waals surface area contributed by atoms with Gasteiger partial charge in [-0.05, 0) is 48.5 Å². The van der Waals surface area contributed by atoms with E-state index in [2.05, 4.69) is 6.58 Å². The van der Waals surface area contributed by atoms with E-state index in [0.29, 0.717) is 22.8 Å². The van der Waals surface area contributed by atoms with Crippen LogP contribution < -0.4 is 5.73 Å². The molecule has 152 valence electrons. The highest BCUT2D eigenvalue weighted by molar-refractivity contribution is 8.13. The summed E-state index contributed by atoms with van der Waals surface area (Å²) in [6, 6.07) is 6.06. The predicted molar refractivity (Wildman–Crippen MR) is 112 cm³/mol. The second kappa shape index (κ2) is 7.31. The van der Waals surface area contributed by atoms with Crippen LogP contribution in [0.25, 0.3) is 0 Å². The molecule has 0 saturated carbocycles. The summed E-state index contributed by atoms with van der Waals surface area (Å²) < 4.78 is 42.2. The fraction of sp³-hybridized carbons (Fsp3) is 0.316. The van der Waals surface area contributed by atoms with Gasteiger partial charge in [-0.3, -0.25) is 15.4 Å². The highest BCUT2D eigenvalue weighted by Gasteiger charge is 2.48. The number of hydrogen-bond donors (Lipinski definition) is 2. The number of benzene rings is 1. The van der Waals surface area contributed by atoms with Gasteiger partial charge in [-0.1, -0.05) is 12.7 Å². The van der Waals surface area contributed by atoms with Crippen LogP contribution in [0.2, 0.25) is 0 Å². The first-order valence-corrected chi connectivity index (χ1v) is 11.2. The minimum atomic E-state index is -3.77. The van der Waals surface area contributed by atoms with Gasteiger partial charge >= 0.3 is 5.17 Å². The van der Waals surface area contributed by atoms with Crippen molar-refractivity contribution in [3.05, 3.63) is 59.4 Å². The number of sulfonamides is 1. The number of rotatable bonds is 3. The van der Waals surface area contributed by atoms with E-state index in [1.807, 2.05) is 6.07 Å². The van der Waals surface area contributed by atoms with Crippen LogP contribution in [0.5, 0.6) is 0 Å².